The zero-order valence-electron chi connectivity index (χ0n) is 12.9. The molecule has 0 saturated heterocycles. The molecule has 112 valence electrons. The predicted molar refractivity (Wildman–Crippen MR) is 92.5 cm³/mol. The van der Waals surface area contributed by atoms with E-state index in [1.165, 1.54) is 22.4 Å². The molecule has 3 heteroatoms. The van der Waals surface area contributed by atoms with Crippen molar-refractivity contribution in [1.29, 1.82) is 0 Å². The van der Waals surface area contributed by atoms with Crippen LogP contribution in [0.4, 0.5) is 0 Å². The SMILES string of the molecule is CN(C)Sc1ccc(CCCNCc2ccccc2)cc1. The van der Waals surface area contributed by atoms with E-state index in [2.05, 4.69) is 78.3 Å². The van der Waals surface area contributed by atoms with Crippen LogP contribution in [0, 0.1) is 0 Å². The molecule has 0 aromatic heterocycles. The first-order chi connectivity index (χ1) is 10.2. The van der Waals surface area contributed by atoms with Gasteiger partial charge in [-0.15, -0.1) is 0 Å². The van der Waals surface area contributed by atoms with Crippen LogP contribution in [0.1, 0.15) is 17.5 Å². The van der Waals surface area contributed by atoms with Gasteiger partial charge in [-0.2, -0.15) is 0 Å². The van der Waals surface area contributed by atoms with Crippen LogP contribution in [0.3, 0.4) is 0 Å². The first-order valence-corrected chi connectivity index (χ1v) is 8.20. The zero-order valence-corrected chi connectivity index (χ0v) is 13.7. The van der Waals surface area contributed by atoms with E-state index >= 15 is 0 Å². The first-order valence-electron chi connectivity index (χ1n) is 7.43. The van der Waals surface area contributed by atoms with Crippen molar-refractivity contribution in [3.05, 3.63) is 65.7 Å². The molecule has 0 saturated carbocycles. The van der Waals surface area contributed by atoms with Crippen LogP contribution >= 0.6 is 11.9 Å². The normalized spacial score (nSPS) is 11.0. The highest BCUT2D eigenvalue weighted by Gasteiger charge is 1.98. The van der Waals surface area contributed by atoms with Crippen LogP contribution in [0.15, 0.2) is 59.5 Å². The topological polar surface area (TPSA) is 15.3 Å². The van der Waals surface area contributed by atoms with Crippen LogP contribution in [0.2, 0.25) is 0 Å². The average molecular weight is 300 g/mol. The molecule has 0 aliphatic rings. The third-order valence-electron chi connectivity index (χ3n) is 3.20. The summed E-state index contributed by atoms with van der Waals surface area (Å²) in [7, 11) is 4.13. The molecule has 0 bridgehead atoms. The van der Waals surface area contributed by atoms with Crippen molar-refractivity contribution in [2.24, 2.45) is 0 Å². The van der Waals surface area contributed by atoms with Gasteiger partial charge < -0.3 is 5.32 Å². The molecule has 0 fully saturated rings. The number of hydrogen-bond donors (Lipinski definition) is 1. The number of rotatable bonds is 8. The maximum Gasteiger partial charge on any atom is 0.0230 e. The molecule has 0 atom stereocenters. The second-order valence-corrected chi connectivity index (χ2v) is 6.70. The minimum Gasteiger partial charge on any atom is -0.313 e. The number of aryl methyl sites for hydroxylation is 1. The minimum absolute atomic E-state index is 0.958. The Balaban J connectivity index is 1.64. The number of nitrogens with one attached hydrogen (secondary N) is 1. The molecule has 2 rings (SSSR count). The highest BCUT2D eigenvalue weighted by Crippen LogP contribution is 2.20. The van der Waals surface area contributed by atoms with Crippen LogP contribution in [0.25, 0.3) is 0 Å². The molecule has 2 aromatic rings. The van der Waals surface area contributed by atoms with E-state index in [0.717, 1.165) is 19.5 Å². The monoisotopic (exact) mass is 300 g/mol. The van der Waals surface area contributed by atoms with Gasteiger partial charge in [0.05, 0.1) is 0 Å². The Bertz CT molecular complexity index is 509. The van der Waals surface area contributed by atoms with Gasteiger partial charge in [0.1, 0.15) is 0 Å². The van der Waals surface area contributed by atoms with Crippen molar-refractivity contribution in [1.82, 2.24) is 9.62 Å². The molecule has 0 heterocycles. The van der Waals surface area contributed by atoms with E-state index < -0.39 is 0 Å². The second kappa shape index (κ2) is 8.88. The summed E-state index contributed by atoms with van der Waals surface area (Å²) in [6, 6.07) is 19.4. The Morgan fingerprint density at radius 2 is 1.62 bits per heavy atom. The Hall–Kier alpha value is -1.29. The maximum absolute atomic E-state index is 3.50. The van der Waals surface area contributed by atoms with Gasteiger partial charge in [-0.25, -0.2) is 0 Å². The van der Waals surface area contributed by atoms with Crippen LogP contribution in [-0.2, 0) is 13.0 Å². The van der Waals surface area contributed by atoms with E-state index in [1.54, 1.807) is 11.9 Å². The second-order valence-electron chi connectivity index (χ2n) is 5.31. The van der Waals surface area contributed by atoms with E-state index in [9.17, 15) is 0 Å². The largest absolute Gasteiger partial charge is 0.313 e. The van der Waals surface area contributed by atoms with E-state index in [-0.39, 0.29) is 0 Å². The van der Waals surface area contributed by atoms with Crippen LogP contribution in [0.5, 0.6) is 0 Å². The fourth-order valence-corrected chi connectivity index (χ4v) is 2.85. The number of nitrogens with zero attached hydrogens (tertiary/aromatic N) is 1. The lowest BCUT2D eigenvalue weighted by atomic mass is 10.1. The summed E-state index contributed by atoms with van der Waals surface area (Å²) in [6.07, 6.45) is 2.31. The predicted octanol–water partition coefficient (Wildman–Crippen LogP) is 3.98. The summed E-state index contributed by atoms with van der Waals surface area (Å²) in [5.74, 6) is 0. The minimum atomic E-state index is 0.958. The number of hydrogen-bond acceptors (Lipinski definition) is 3. The standard InChI is InChI=1S/C18H24N2S/c1-20(2)21-18-12-10-16(11-13-18)9-6-14-19-15-17-7-4-3-5-8-17/h3-5,7-8,10-13,19H,6,9,14-15H2,1-2H3. The third-order valence-corrected chi connectivity index (χ3v) is 4.05. The molecule has 0 aliphatic heterocycles. The maximum atomic E-state index is 3.50. The summed E-state index contributed by atoms with van der Waals surface area (Å²) < 4.78 is 2.11. The summed E-state index contributed by atoms with van der Waals surface area (Å²) in [5, 5.41) is 3.50. The molecule has 0 aliphatic carbocycles. The Morgan fingerprint density at radius 1 is 0.905 bits per heavy atom. The Labute approximate surface area is 132 Å². The van der Waals surface area contributed by atoms with Crippen molar-refractivity contribution in [2.45, 2.75) is 24.3 Å². The quantitative estimate of drug-likeness (QED) is 0.586. The van der Waals surface area contributed by atoms with Crippen LogP contribution in [-0.4, -0.2) is 24.9 Å². The van der Waals surface area contributed by atoms with Gasteiger partial charge in [0.2, 0.25) is 0 Å². The molecular weight excluding hydrogens is 276 g/mol. The van der Waals surface area contributed by atoms with Gasteiger partial charge in [-0.05, 0) is 68.7 Å². The summed E-state index contributed by atoms with van der Waals surface area (Å²) in [6.45, 7) is 2.02. The Kier molecular flexibility index (Phi) is 6.80. The van der Waals surface area contributed by atoms with Gasteiger partial charge in [0.15, 0.2) is 0 Å². The van der Waals surface area contributed by atoms with Crippen LogP contribution < -0.4 is 5.32 Å². The summed E-state index contributed by atoms with van der Waals surface area (Å²) in [5.41, 5.74) is 2.77. The lowest BCUT2D eigenvalue weighted by Crippen LogP contribution is -2.15. The van der Waals surface area contributed by atoms with E-state index in [1.807, 2.05) is 0 Å². The summed E-state index contributed by atoms with van der Waals surface area (Å²) >= 11 is 1.76. The van der Waals surface area contributed by atoms with Crippen molar-refractivity contribution in [3.8, 4) is 0 Å². The van der Waals surface area contributed by atoms with Gasteiger partial charge in [0, 0.05) is 11.4 Å². The number of benzene rings is 2. The highest BCUT2D eigenvalue weighted by atomic mass is 32.2. The Morgan fingerprint density at radius 3 is 2.29 bits per heavy atom. The molecule has 0 spiro atoms. The molecule has 2 nitrogen and oxygen atoms in total. The van der Waals surface area contributed by atoms with E-state index in [0.29, 0.717) is 0 Å². The van der Waals surface area contributed by atoms with Gasteiger partial charge in [0.25, 0.3) is 0 Å². The van der Waals surface area contributed by atoms with Crippen molar-refractivity contribution >= 4 is 11.9 Å². The highest BCUT2D eigenvalue weighted by molar-refractivity contribution is 7.97. The molecule has 21 heavy (non-hydrogen) atoms. The first kappa shape index (κ1) is 16.1. The van der Waals surface area contributed by atoms with Crippen molar-refractivity contribution < 1.29 is 0 Å². The molecule has 0 amide bonds. The molecule has 0 unspecified atom stereocenters. The van der Waals surface area contributed by atoms with Gasteiger partial charge in [-0.1, -0.05) is 42.5 Å². The van der Waals surface area contributed by atoms with Gasteiger partial charge in [-0.3, -0.25) is 4.31 Å². The van der Waals surface area contributed by atoms with Crippen molar-refractivity contribution in [2.75, 3.05) is 20.6 Å². The lowest BCUT2D eigenvalue weighted by Gasteiger charge is -2.09. The molecule has 2 aromatic carbocycles. The average Bonchev–Trinajstić information content (AvgIpc) is 2.49. The van der Waals surface area contributed by atoms with E-state index in [4.69, 9.17) is 0 Å². The molecule has 1 N–H and O–H groups in total. The smallest absolute Gasteiger partial charge is 0.0230 e. The van der Waals surface area contributed by atoms with Gasteiger partial charge >= 0.3 is 0 Å². The zero-order chi connectivity index (χ0) is 14.9. The molecule has 0 radical (unpaired) electrons. The summed E-state index contributed by atoms with van der Waals surface area (Å²) in [4.78, 5) is 1.30. The van der Waals surface area contributed by atoms with Crippen molar-refractivity contribution in [3.63, 3.8) is 0 Å². The molecular formula is C18H24N2S. The fourth-order valence-electron chi connectivity index (χ4n) is 2.17. The fraction of sp³-hybridized carbons (Fsp3) is 0.333. The lowest BCUT2D eigenvalue weighted by molar-refractivity contribution is 0.649. The third kappa shape index (κ3) is 6.34.